The third-order valence-electron chi connectivity index (χ3n) is 3.99. The van der Waals surface area contributed by atoms with Crippen molar-refractivity contribution >= 4 is 21.6 Å². The van der Waals surface area contributed by atoms with Gasteiger partial charge in [0.15, 0.2) is 0 Å². The molecule has 1 aliphatic heterocycles. The largest absolute Gasteiger partial charge is 0.368 e. The van der Waals surface area contributed by atoms with Crippen LogP contribution < -0.4 is 10.2 Å². The van der Waals surface area contributed by atoms with Crippen molar-refractivity contribution < 1.29 is 0 Å². The summed E-state index contributed by atoms with van der Waals surface area (Å²) in [6.07, 6.45) is 2.65. The van der Waals surface area contributed by atoms with Crippen molar-refractivity contribution in [1.82, 2.24) is 5.32 Å². The number of benzene rings is 1. The molecule has 2 nitrogen and oxygen atoms in total. The Hall–Kier alpha value is -0.540. The zero-order valence-electron chi connectivity index (χ0n) is 12.2. The Balaban J connectivity index is 2.27. The van der Waals surface area contributed by atoms with Crippen LogP contribution in [0, 0.1) is 5.92 Å². The Morgan fingerprint density at radius 1 is 1.42 bits per heavy atom. The van der Waals surface area contributed by atoms with Gasteiger partial charge in [0.25, 0.3) is 0 Å². The van der Waals surface area contributed by atoms with Crippen LogP contribution in [0.25, 0.3) is 0 Å². The summed E-state index contributed by atoms with van der Waals surface area (Å²) >= 11 is 3.59. The Labute approximate surface area is 125 Å². The average molecular weight is 325 g/mol. The van der Waals surface area contributed by atoms with E-state index in [0.717, 1.165) is 19.0 Å². The molecule has 1 atom stereocenters. The van der Waals surface area contributed by atoms with Gasteiger partial charge < -0.3 is 10.2 Å². The van der Waals surface area contributed by atoms with E-state index in [1.807, 2.05) is 0 Å². The van der Waals surface area contributed by atoms with Crippen molar-refractivity contribution in [2.75, 3.05) is 18.0 Å². The Bertz CT molecular complexity index is 417. The highest BCUT2D eigenvalue weighted by Gasteiger charge is 2.28. The van der Waals surface area contributed by atoms with Crippen LogP contribution in [0.4, 0.5) is 5.69 Å². The van der Waals surface area contributed by atoms with Crippen molar-refractivity contribution in [2.45, 2.75) is 46.2 Å². The lowest BCUT2D eigenvalue weighted by Gasteiger charge is -2.31. The first-order chi connectivity index (χ1) is 9.13. The lowest BCUT2D eigenvalue weighted by atomic mass is 10.0. The molecule has 1 saturated heterocycles. The quantitative estimate of drug-likeness (QED) is 0.873. The molecule has 0 radical (unpaired) electrons. The van der Waals surface area contributed by atoms with E-state index < -0.39 is 0 Å². The van der Waals surface area contributed by atoms with Gasteiger partial charge in [-0.05, 0) is 49.1 Å². The molecule has 0 saturated carbocycles. The van der Waals surface area contributed by atoms with Crippen LogP contribution in [0.2, 0.25) is 0 Å². The van der Waals surface area contributed by atoms with E-state index in [0.29, 0.717) is 6.04 Å². The zero-order chi connectivity index (χ0) is 13.8. The Morgan fingerprint density at radius 3 is 2.89 bits per heavy atom. The van der Waals surface area contributed by atoms with Crippen LogP contribution in [0.15, 0.2) is 22.7 Å². The van der Waals surface area contributed by atoms with Gasteiger partial charge in [0, 0.05) is 29.3 Å². The molecular weight excluding hydrogens is 300 g/mol. The van der Waals surface area contributed by atoms with Gasteiger partial charge in [0.2, 0.25) is 0 Å². The molecule has 0 amide bonds. The SMILES string of the molecule is CCNCc1cc(Br)ccc1N1CCCC1C(C)C. The number of halogens is 1. The highest BCUT2D eigenvalue weighted by molar-refractivity contribution is 9.10. The first-order valence-corrected chi connectivity index (χ1v) is 8.18. The molecule has 1 aliphatic rings. The fourth-order valence-electron chi connectivity index (χ4n) is 3.02. The van der Waals surface area contributed by atoms with Crippen LogP contribution in [0.1, 0.15) is 39.2 Å². The second-order valence-electron chi connectivity index (χ2n) is 5.70. The van der Waals surface area contributed by atoms with Gasteiger partial charge in [0.1, 0.15) is 0 Å². The van der Waals surface area contributed by atoms with Crippen LogP contribution in [-0.2, 0) is 6.54 Å². The topological polar surface area (TPSA) is 15.3 Å². The fraction of sp³-hybridized carbons (Fsp3) is 0.625. The van der Waals surface area contributed by atoms with E-state index in [4.69, 9.17) is 0 Å². The number of nitrogens with zero attached hydrogens (tertiary/aromatic N) is 1. The lowest BCUT2D eigenvalue weighted by Crippen LogP contribution is -2.34. The number of nitrogens with one attached hydrogen (secondary N) is 1. The minimum Gasteiger partial charge on any atom is -0.368 e. The number of rotatable bonds is 5. The summed E-state index contributed by atoms with van der Waals surface area (Å²) in [7, 11) is 0. The standard InChI is InChI=1S/C16H25BrN2/c1-4-18-11-13-10-14(17)7-8-16(13)19-9-5-6-15(19)12(2)3/h7-8,10,12,15,18H,4-6,9,11H2,1-3H3. The van der Waals surface area contributed by atoms with Gasteiger partial charge in [-0.3, -0.25) is 0 Å². The molecule has 1 aromatic carbocycles. The summed E-state index contributed by atoms with van der Waals surface area (Å²) in [6, 6.07) is 7.40. The Kier molecular flexibility index (Phi) is 5.28. The summed E-state index contributed by atoms with van der Waals surface area (Å²) in [5.41, 5.74) is 2.82. The highest BCUT2D eigenvalue weighted by atomic mass is 79.9. The summed E-state index contributed by atoms with van der Waals surface area (Å²) in [4.78, 5) is 2.61. The van der Waals surface area contributed by atoms with Crippen molar-refractivity contribution in [3.63, 3.8) is 0 Å². The second kappa shape index (κ2) is 6.76. The molecule has 2 rings (SSSR count). The molecule has 0 bridgehead atoms. The number of hydrogen-bond donors (Lipinski definition) is 1. The maximum absolute atomic E-state index is 3.59. The van der Waals surface area contributed by atoms with E-state index in [1.165, 1.54) is 35.1 Å². The average Bonchev–Trinajstić information content (AvgIpc) is 2.85. The second-order valence-corrected chi connectivity index (χ2v) is 6.62. The van der Waals surface area contributed by atoms with E-state index in [9.17, 15) is 0 Å². The normalized spacial score (nSPS) is 19.4. The number of anilines is 1. The van der Waals surface area contributed by atoms with Crippen LogP contribution in [0.5, 0.6) is 0 Å². The van der Waals surface area contributed by atoms with Crippen molar-refractivity contribution in [3.8, 4) is 0 Å². The van der Waals surface area contributed by atoms with Gasteiger partial charge in [0.05, 0.1) is 0 Å². The Morgan fingerprint density at radius 2 is 2.21 bits per heavy atom. The fourth-order valence-corrected chi connectivity index (χ4v) is 3.43. The van der Waals surface area contributed by atoms with Crippen molar-refractivity contribution in [3.05, 3.63) is 28.2 Å². The molecule has 1 fully saturated rings. The van der Waals surface area contributed by atoms with E-state index in [2.05, 4.69) is 65.1 Å². The first-order valence-electron chi connectivity index (χ1n) is 7.39. The molecule has 0 spiro atoms. The van der Waals surface area contributed by atoms with Crippen LogP contribution >= 0.6 is 15.9 Å². The molecular formula is C16H25BrN2. The predicted octanol–water partition coefficient (Wildman–Crippen LogP) is 4.18. The molecule has 1 N–H and O–H groups in total. The predicted molar refractivity (Wildman–Crippen MR) is 86.7 cm³/mol. The molecule has 3 heteroatoms. The van der Waals surface area contributed by atoms with Gasteiger partial charge >= 0.3 is 0 Å². The van der Waals surface area contributed by atoms with E-state index in [-0.39, 0.29) is 0 Å². The summed E-state index contributed by atoms with van der Waals surface area (Å²) in [5.74, 6) is 0.720. The van der Waals surface area contributed by atoms with Gasteiger partial charge in [-0.1, -0.05) is 36.7 Å². The van der Waals surface area contributed by atoms with E-state index >= 15 is 0 Å². The molecule has 106 valence electrons. The third-order valence-corrected chi connectivity index (χ3v) is 4.48. The minimum absolute atomic E-state index is 0.696. The first kappa shape index (κ1) is 14.9. The van der Waals surface area contributed by atoms with Crippen LogP contribution in [0.3, 0.4) is 0 Å². The third kappa shape index (κ3) is 3.51. The molecule has 1 unspecified atom stereocenters. The van der Waals surface area contributed by atoms with Gasteiger partial charge in [-0.25, -0.2) is 0 Å². The smallest absolute Gasteiger partial charge is 0.0415 e. The number of hydrogen-bond acceptors (Lipinski definition) is 2. The molecule has 0 aromatic heterocycles. The zero-order valence-corrected chi connectivity index (χ0v) is 13.8. The summed E-state index contributed by atoms with van der Waals surface area (Å²) in [6.45, 7) is 10.00. The minimum atomic E-state index is 0.696. The van der Waals surface area contributed by atoms with Gasteiger partial charge in [-0.2, -0.15) is 0 Å². The van der Waals surface area contributed by atoms with Crippen molar-refractivity contribution in [1.29, 1.82) is 0 Å². The summed E-state index contributed by atoms with van der Waals surface area (Å²) in [5, 5.41) is 3.45. The monoisotopic (exact) mass is 324 g/mol. The molecule has 0 aliphatic carbocycles. The molecule has 1 aromatic rings. The maximum Gasteiger partial charge on any atom is 0.0415 e. The highest BCUT2D eigenvalue weighted by Crippen LogP contribution is 2.33. The lowest BCUT2D eigenvalue weighted by molar-refractivity contribution is 0.491. The van der Waals surface area contributed by atoms with Crippen molar-refractivity contribution in [2.24, 2.45) is 5.92 Å². The molecule has 1 heterocycles. The summed E-state index contributed by atoms with van der Waals surface area (Å²) < 4.78 is 1.17. The van der Waals surface area contributed by atoms with Gasteiger partial charge in [-0.15, -0.1) is 0 Å². The van der Waals surface area contributed by atoms with E-state index in [1.54, 1.807) is 0 Å². The maximum atomic E-state index is 3.59. The molecule has 19 heavy (non-hydrogen) atoms. The van der Waals surface area contributed by atoms with Crippen LogP contribution in [-0.4, -0.2) is 19.1 Å².